The van der Waals surface area contributed by atoms with Crippen LogP contribution >= 0.6 is 0 Å². The van der Waals surface area contributed by atoms with E-state index in [1.807, 2.05) is 6.92 Å². The third kappa shape index (κ3) is 8.39. The zero-order valence-electron chi connectivity index (χ0n) is 21.4. The lowest BCUT2D eigenvalue weighted by molar-refractivity contribution is -0.140. The first-order chi connectivity index (χ1) is 16.7. The molecule has 4 N–H and O–H groups in total. The molecule has 4 atom stereocenters. The molecule has 2 aliphatic carbocycles. The quantitative estimate of drug-likeness (QED) is 0.393. The predicted molar refractivity (Wildman–Crippen MR) is 133 cm³/mol. The van der Waals surface area contributed by atoms with Crippen LogP contribution in [0, 0.1) is 11.8 Å². The number of nitrogens with one attached hydrogen (secondary N) is 3. The summed E-state index contributed by atoms with van der Waals surface area (Å²) in [5, 5.41) is 18.3. The number of amides is 4. The second-order valence-corrected chi connectivity index (χ2v) is 11.0. The number of carbonyl (C=O) groups excluding carboxylic acids is 3. The normalized spacial score (nSPS) is 29.8. The molecule has 35 heavy (non-hydrogen) atoms. The molecule has 198 valence electrons. The van der Waals surface area contributed by atoms with Crippen molar-refractivity contribution in [3.63, 3.8) is 0 Å². The van der Waals surface area contributed by atoms with E-state index >= 15 is 0 Å². The second-order valence-electron chi connectivity index (χ2n) is 11.0. The highest BCUT2D eigenvalue weighted by molar-refractivity contribution is 5.88. The molecule has 2 unspecified atom stereocenters. The van der Waals surface area contributed by atoms with Crippen molar-refractivity contribution in [1.82, 2.24) is 20.9 Å². The molecule has 9 nitrogen and oxygen atoms in total. The SMILES string of the molecule is CC1CCCCC1NC(=O)NC1CCC(NC(=O)[C@@H]2CCCN2C(=O)CC[C@@H](C)CC(=O)O)CC1. The Morgan fingerprint density at radius 3 is 2.20 bits per heavy atom. The van der Waals surface area contributed by atoms with E-state index in [2.05, 4.69) is 22.9 Å². The van der Waals surface area contributed by atoms with Gasteiger partial charge in [0.25, 0.3) is 0 Å². The predicted octanol–water partition coefficient (Wildman–Crippen LogP) is 3.17. The smallest absolute Gasteiger partial charge is 0.315 e. The van der Waals surface area contributed by atoms with Crippen LogP contribution in [0.25, 0.3) is 0 Å². The summed E-state index contributed by atoms with van der Waals surface area (Å²) in [6.45, 7) is 4.62. The molecule has 9 heteroatoms. The number of carboxylic acids is 1. The summed E-state index contributed by atoms with van der Waals surface area (Å²) >= 11 is 0. The van der Waals surface area contributed by atoms with Gasteiger partial charge in [-0.1, -0.05) is 26.7 Å². The molecule has 3 rings (SSSR count). The molecule has 4 amide bonds. The maximum atomic E-state index is 13.0. The Morgan fingerprint density at radius 2 is 1.54 bits per heavy atom. The number of carbonyl (C=O) groups is 4. The summed E-state index contributed by atoms with van der Waals surface area (Å²) in [5.41, 5.74) is 0. The van der Waals surface area contributed by atoms with E-state index in [1.54, 1.807) is 4.90 Å². The fourth-order valence-electron chi connectivity index (χ4n) is 5.86. The van der Waals surface area contributed by atoms with Crippen LogP contribution in [-0.4, -0.2) is 64.5 Å². The molecule has 3 aliphatic rings. The lowest BCUT2D eigenvalue weighted by Gasteiger charge is -2.33. The highest BCUT2D eigenvalue weighted by Crippen LogP contribution is 2.25. The Balaban J connectivity index is 1.37. The second kappa shape index (κ2) is 13.1. The number of aliphatic carboxylic acids is 1. The third-order valence-corrected chi connectivity index (χ3v) is 8.09. The van der Waals surface area contributed by atoms with E-state index < -0.39 is 12.0 Å². The Labute approximate surface area is 209 Å². The van der Waals surface area contributed by atoms with Gasteiger partial charge in [-0.3, -0.25) is 14.4 Å². The fourth-order valence-corrected chi connectivity index (χ4v) is 5.86. The van der Waals surface area contributed by atoms with E-state index in [0.29, 0.717) is 25.3 Å². The topological polar surface area (TPSA) is 128 Å². The van der Waals surface area contributed by atoms with Gasteiger partial charge in [0.1, 0.15) is 6.04 Å². The van der Waals surface area contributed by atoms with Crippen LogP contribution in [0.3, 0.4) is 0 Å². The maximum Gasteiger partial charge on any atom is 0.315 e. The average molecular weight is 493 g/mol. The molecule has 0 aromatic heterocycles. The molecule has 0 aromatic rings. The highest BCUT2D eigenvalue weighted by atomic mass is 16.4. The van der Waals surface area contributed by atoms with Gasteiger partial charge in [-0.25, -0.2) is 4.79 Å². The van der Waals surface area contributed by atoms with Crippen molar-refractivity contribution in [2.45, 2.75) is 121 Å². The van der Waals surface area contributed by atoms with Crippen LogP contribution in [-0.2, 0) is 14.4 Å². The van der Waals surface area contributed by atoms with Crippen LogP contribution in [0.4, 0.5) is 4.79 Å². The van der Waals surface area contributed by atoms with Crippen LogP contribution < -0.4 is 16.0 Å². The summed E-state index contributed by atoms with van der Waals surface area (Å²) in [4.78, 5) is 50.6. The number of urea groups is 1. The van der Waals surface area contributed by atoms with Crippen LogP contribution in [0.15, 0.2) is 0 Å². The van der Waals surface area contributed by atoms with Gasteiger partial charge in [0.15, 0.2) is 0 Å². The number of hydrogen-bond donors (Lipinski definition) is 4. The van der Waals surface area contributed by atoms with E-state index in [1.165, 1.54) is 19.3 Å². The molecular formula is C26H44N4O5. The van der Waals surface area contributed by atoms with Gasteiger partial charge in [-0.05, 0) is 69.6 Å². The first-order valence-corrected chi connectivity index (χ1v) is 13.6. The monoisotopic (exact) mass is 492 g/mol. The Bertz CT molecular complexity index is 752. The van der Waals surface area contributed by atoms with Gasteiger partial charge in [0.2, 0.25) is 11.8 Å². The fraction of sp³-hybridized carbons (Fsp3) is 0.846. The summed E-state index contributed by atoms with van der Waals surface area (Å²) < 4.78 is 0. The first-order valence-electron chi connectivity index (χ1n) is 13.6. The zero-order valence-corrected chi connectivity index (χ0v) is 21.4. The van der Waals surface area contributed by atoms with Gasteiger partial charge in [-0.2, -0.15) is 0 Å². The Hall–Kier alpha value is -2.32. The minimum atomic E-state index is -0.854. The number of likely N-dealkylation sites (tertiary alicyclic amines) is 1. The standard InChI is InChI=1S/C26H44N4O5/c1-17(16-24(32)33)9-14-23(31)30-15-5-8-22(30)25(34)27-19-10-12-20(13-11-19)28-26(35)29-21-7-4-3-6-18(21)2/h17-22H,3-16H2,1-2H3,(H,27,34)(H,32,33)(H2,28,29,35)/t17-,18?,19?,20?,21?,22+/m1/s1. The summed E-state index contributed by atoms with van der Waals surface area (Å²) in [6.07, 6.45) is 10.2. The van der Waals surface area contributed by atoms with Crippen molar-refractivity contribution in [2.24, 2.45) is 11.8 Å². The molecule has 1 aliphatic heterocycles. The maximum absolute atomic E-state index is 13.0. The van der Waals surface area contributed by atoms with Gasteiger partial charge < -0.3 is 26.0 Å². The summed E-state index contributed by atoms with van der Waals surface area (Å²) in [5.74, 6) is -0.549. The lowest BCUT2D eigenvalue weighted by Crippen LogP contribution is -2.52. The molecule has 0 radical (unpaired) electrons. The lowest BCUT2D eigenvalue weighted by atomic mass is 9.86. The van der Waals surface area contributed by atoms with Gasteiger partial charge >= 0.3 is 12.0 Å². The van der Waals surface area contributed by atoms with Crippen LogP contribution in [0.5, 0.6) is 0 Å². The molecule has 0 bridgehead atoms. The van der Waals surface area contributed by atoms with Crippen LogP contribution in [0.2, 0.25) is 0 Å². The molecule has 2 saturated carbocycles. The number of rotatable bonds is 9. The Kier molecular flexibility index (Phi) is 10.2. The first kappa shape index (κ1) is 27.3. The van der Waals surface area contributed by atoms with Crippen molar-refractivity contribution in [3.05, 3.63) is 0 Å². The number of carboxylic acid groups (broad SMARTS) is 1. The van der Waals surface area contributed by atoms with Crippen molar-refractivity contribution in [1.29, 1.82) is 0 Å². The molecule has 1 saturated heterocycles. The highest BCUT2D eigenvalue weighted by Gasteiger charge is 2.35. The third-order valence-electron chi connectivity index (χ3n) is 8.09. The summed E-state index contributed by atoms with van der Waals surface area (Å²) in [7, 11) is 0. The average Bonchev–Trinajstić information content (AvgIpc) is 3.30. The van der Waals surface area contributed by atoms with Gasteiger partial charge in [0, 0.05) is 37.5 Å². The molecule has 0 spiro atoms. The molecule has 3 fully saturated rings. The van der Waals surface area contributed by atoms with Crippen molar-refractivity contribution in [2.75, 3.05) is 6.54 Å². The summed E-state index contributed by atoms with van der Waals surface area (Å²) in [6, 6.07) is -0.0586. The molecule has 1 heterocycles. The van der Waals surface area contributed by atoms with Gasteiger partial charge in [0.05, 0.1) is 0 Å². The molecule has 0 aromatic carbocycles. The van der Waals surface area contributed by atoms with Crippen molar-refractivity contribution < 1.29 is 24.3 Å². The van der Waals surface area contributed by atoms with Crippen LogP contribution in [0.1, 0.15) is 97.3 Å². The minimum absolute atomic E-state index is 0.0517. The number of nitrogens with zero attached hydrogens (tertiary/aromatic N) is 1. The van der Waals surface area contributed by atoms with Crippen molar-refractivity contribution >= 4 is 23.8 Å². The van der Waals surface area contributed by atoms with Crippen molar-refractivity contribution in [3.8, 4) is 0 Å². The Morgan fingerprint density at radius 1 is 0.886 bits per heavy atom. The van der Waals surface area contributed by atoms with E-state index in [0.717, 1.165) is 38.5 Å². The zero-order chi connectivity index (χ0) is 25.4. The van der Waals surface area contributed by atoms with E-state index in [4.69, 9.17) is 5.11 Å². The largest absolute Gasteiger partial charge is 0.481 e. The molecular weight excluding hydrogens is 448 g/mol. The number of hydrogen-bond acceptors (Lipinski definition) is 4. The minimum Gasteiger partial charge on any atom is -0.481 e. The van der Waals surface area contributed by atoms with Gasteiger partial charge in [-0.15, -0.1) is 0 Å². The van der Waals surface area contributed by atoms with E-state index in [-0.39, 0.29) is 54.7 Å². The van der Waals surface area contributed by atoms with E-state index in [9.17, 15) is 19.2 Å².